The van der Waals surface area contributed by atoms with Crippen molar-refractivity contribution >= 4 is 55.9 Å². The molecule has 0 spiro atoms. The van der Waals surface area contributed by atoms with Crippen LogP contribution in [0, 0.1) is 18.6 Å². The van der Waals surface area contributed by atoms with Gasteiger partial charge in [-0.05, 0) is 85.3 Å². The van der Waals surface area contributed by atoms with E-state index < -0.39 is 0 Å². The summed E-state index contributed by atoms with van der Waals surface area (Å²) in [7, 11) is 3.84. The Balaban J connectivity index is 0.000000238. The second-order valence-electron chi connectivity index (χ2n) is 10.6. The quantitative estimate of drug-likeness (QED) is 0.211. The van der Waals surface area contributed by atoms with Gasteiger partial charge < -0.3 is 19.6 Å². The monoisotopic (exact) mass is 608 g/mol. The van der Waals surface area contributed by atoms with Gasteiger partial charge >= 0.3 is 0 Å². The number of phenols is 1. The maximum absolute atomic E-state index is 14.0. The topological polar surface area (TPSA) is 72.1 Å². The molecular formula is C35H27ClF2N4O2. The second kappa shape index (κ2) is 11.5. The molecule has 7 aromatic rings. The van der Waals surface area contributed by atoms with E-state index in [2.05, 4.69) is 5.32 Å². The molecule has 0 atom stereocenters. The Hall–Kier alpha value is -5.21. The number of hydrogen-bond acceptors (Lipinski definition) is 3. The fourth-order valence-corrected chi connectivity index (χ4v) is 5.61. The summed E-state index contributed by atoms with van der Waals surface area (Å²) in [5, 5.41) is 15.3. The van der Waals surface area contributed by atoms with E-state index >= 15 is 0 Å². The maximum Gasteiger partial charge on any atom is 0.256 e. The smallest absolute Gasteiger partial charge is 0.256 e. The van der Waals surface area contributed by atoms with Gasteiger partial charge in [0.05, 0.1) is 16.8 Å². The van der Waals surface area contributed by atoms with Gasteiger partial charge in [-0.1, -0.05) is 17.7 Å². The number of carbonyl (C=O) groups is 1. The van der Waals surface area contributed by atoms with Crippen LogP contribution in [0.2, 0.25) is 5.02 Å². The summed E-state index contributed by atoms with van der Waals surface area (Å²) in [6.07, 6.45) is 3.87. The van der Waals surface area contributed by atoms with E-state index in [1.807, 2.05) is 42.5 Å². The molecule has 4 aromatic carbocycles. The summed E-state index contributed by atoms with van der Waals surface area (Å²) in [5.41, 5.74) is 5.70. The molecule has 7 rings (SSSR count). The molecular weight excluding hydrogens is 582 g/mol. The lowest BCUT2D eigenvalue weighted by atomic mass is 10.0. The number of aromatic nitrogens is 3. The summed E-state index contributed by atoms with van der Waals surface area (Å²) >= 11 is 6.19. The first-order chi connectivity index (χ1) is 21.1. The van der Waals surface area contributed by atoms with Crippen LogP contribution in [0.25, 0.3) is 44.0 Å². The van der Waals surface area contributed by atoms with Crippen LogP contribution >= 0.6 is 11.6 Å². The van der Waals surface area contributed by atoms with Crippen molar-refractivity contribution in [2.45, 2.75) is 6.92 Å². The van der Waals surface area contributed by atoms with E-state index in [0.717, 1.165) is 22.0 Å². The lowest BCUT2D eigenvalue weighted by Gasteiger charge is -2.11. The van der Waals surface area contributed by atoms with Crippen molar-refractivity contribution in [3.63, 3.8) is 0 Å². The number of pyridine rings is 1. The molecule has 0 saturated carbocycles. The van der Waals surface area contributed by atoms with Gasteiger partial charge in [-0.25, -0.2) is 13.8 Å². The molecule has 2 N–H and O–H groups in total. The largest absolute Gasteiger partial charge is 0.508 e. The van der Waals surface area contributed by atoms with Crippen molar-refractivity contribution in [1.29, 1.82) is 0 Å². The molecule has 3 heterocycles. The van der Waals surface area contributed by atoms with E-state index in [-0.39, 0.29) is 23.3 Å². The van der Waals surface area contributed by atoms with Crippen LogP contribution in [0.5, 0.6) is 5.75 Å². The zero-order valence-corrected chi connectivity index (χ0v) is 24.8. The summed E-state index contributed by atoms with van der Waals surface area (Å²) in [6.45, 7) is 1.99. The third kappa shape index (κ3) is 5.59. The van der Waals surface area contributed by atoms with E-state index in [1.165, 1.54) is 30.3 Å². The highest BCUT2D eigenvalue weighted by Crippen LogP contribution is 2.33. The zero-order chi connectivity index (χ0) is 31.1. The van der Waals surface area contributed by atoms with Crippen LogP contribution in [0.4, 0.5) is 14.5 Å². The van der Waals surface area contributed by atoms with Gasteiger partial charge in [0.15, 0.2) is 0 Å². The minimum absolute atomic E-state index is 0.0453. The van der Waals surface area contributed by atoms with E-state index in [1.54, 1.807) is 54.6 Å². The Morgan fingerprint density at radius 1 is 0.818 bits per heavy atom. The molecule has 0 radical (unpaired) electrons. The minimum atomic E-state index is -0.377. The van der Waals surface area contributed by atoms with Gasteiger partial charge in [-0.2, -0.15) is 0 Å². The number of benzene rings is 4. The number of rotatable bonds is 3. The lowest BCUT2D eigenvalue weighted by Crippen LogP contribution is -2.13. The molecule has 1 amide bonds. The summed E-state index contributed by atoms with van der Waals surface area (Å²) in [6, 6.07) is 22.6. The highest BCUT2D eigenvalue weighted by Gasteiger charge is 2.18. The van der Waals surface area contributed by atoms with Gasteiger partial charge in [0.1, 0.15) is 17.4 Å². The van der Waals surface area contributed by atoms with Gasteiger partial charge in [-0.3, -0.25) is 4.79 Å². The first kappa shape index (κ1) is 28.9. The van der Waals surface area contributed by atoms with E-state index in [9.17, 15) is 18.7 Å². The van der Waals surface area contributed by atoms with Crippen molar-refractivity contribution < 1.29 is 18.7 Å². The van der Waals surface area contributed by atoms with Crippen LogP contribution in [0.3, 0.4) is 0 Å². The van der Waals surface area contributed by atoms with Crippen molar-refractivity contribution in [3.05, 3.63) is 125 Å². The predicted molar refractivity (Wildman–Crippen MR) is 172 cm³/mol. The molecule has 220 valence electrons. The van der Waals surface area contributed by atoms with Crippen molar-refractivity contribution in [2.75, 3.05) is 5.32 Å². The Labute approximate surface area is 256 Å². The first-order valence-corrected chi connectivity index (χ1v) is 14.1. The average molecular weight is 609 g/mol. The van der Waals surface area contributed by atoms with E-state index in [4.69, 9.17) is 16.6 Å². The van der Waals surface area contributed by atoms with Gasteiger partial charge in [-0.15, -0.1) is 0 Å². The standard InChI is InChI=1S/C25H17ClFN3O2.C10H10FN/c1-30-13-21(19-10-15(27)6-8-24(19)30)23-12-20(18-9-14(26)5-7-22(18)29-23)25(32)28-16-3-2-4-17(31)11-16;1-7-6-12(2)10-4-3-8(11)5-9(7)10/h2-13,31H,1H3,(H,28,32);3-6H,1-2H3. The number of phenolic OH excluding ortho intramolecular Hbond substituents is 1. The van der Waals surface area contributed by atoms with E-state index in [0.29, 0.717) is 43.8 Å². The Bertz CT molecular complexity index is 2220. The first-order valence-electron chi connectivity index (χ1n) is 13.7. The molecule has 0 aliphatic rings. The third-order valence-electron chi connectivity index (χ3n) is 7.50. The van der Waals surface area contributed by atoms with Crippen molar-refractivity contribution in [3.8, 4) is 17.0 Å². The Morgan fingerprint density at radius 2 is 1.50 bits per heavy atom. The molecule has 0 saturated heterocycles. The number of nitrogens with one attached hydrogen (secondary N) is 1. The van der Waals surface area contributed by atoms with Crippen LogP contribution in [0.15, 0.2) is 97.3 Å². The maximum atomic E-state index is 14.0. The SMILES string of the molecule is Cc1cn(C)c2ccc(F)cc12.Cn1cc(-c2cc(C(=O)Nc3cccc(O)c3)c3cc(Cl)ccc3n2)c2cc(F)ccc21. The fourth-order valence-electron chi connectivity index (χ4n) is 5.44. The Morgan fingerprint density at radius 3 is 2.23 bits per heavy atom. The van der Waals surface area contributed by atoms with Gasteiger partial charge in [0.25, 0.3) is 5.91 Å². The summed E-state index contributed by atoms with van der Waals surface area (Å²) in [4.78, 5) is 18.0. The molecule has 9 heteroatoms. The Kier molecular flexibility index (Phi) is 7.53. The van der Waals surface area contributed by atoms with Crippen LogP contribution < -0.4 is 5.32 Å². The molecule has 0 unspecified atom stereocenters. The molecule has 0 aliphatic carbocycles. The number of fused-ring (bicyclic) bond motifs is 3. The highest BCUT2D eigenvalue weighted by atomic mass is 35.5. The summed E-state index contributed by atoms with van der Waals surface area (Å²) in [5.74, 6) is -0.849. The van der Waals surface area contributed by atoms with Crippen LogP contribution in [-0.2, 0) is 14.1 Å². The third-order valence-corrected chi connectivity index (χ3v) is 7.73. The number of anilines is 1. The molecule has 6 nitrogen and oxygen atoms in total. The summed E-state index contributed by atoms with van der Waals surface area (Å²) < 4.78 is 30.7. The predicted octanol–water partition coefficient (Wildman–Crippen LogP) is 8.77. The molecule has 0 bridgehead atoms. The molecule has 0 aliphatic heterocycles. The number of amides is 1. The highest BCUT2D eigenvalue weighted by molar-refractivity contribution is 6.31. The number of aromatic hydroxyl groups is 1. The number of carbonyl (C=O) groups excluding carboxylic acids is 1. The number of hydrogen-bond donors (Lipinski definition) is 2. The van der Waals surface area contributed by atoms with Crippen LogP contribution in [-0.4, -0.2) is 25.1 Å². The number of aryl methyl sites for hydroxylation is 3. The normalized spacial score (nSPS) is 11.1. The van der Waals surface area contributed by atoms with Gasteiger partial charge in [0, 0.05) is 76.0 Å². The average Bonchev–Trinajstić information content (AvgIpc) is 3.46. The fraction of sp³-hybridized carbons (Fsp3) is 0.0857. The molecule has 0 fully saturated rings. The van der Waals surface area contributed by atoms with Crippen molar-refractivity contribution in [1.82, 2.24) is 14.1 Å². The molecule has 3 aromatic heterocycles. The number of halogens is 3. The van der Waals surface area contributed by atoms with Gasteiger partial charge in [0.2, 0.25) is 0 Å². The minimum Gasteiger partial charge on any atom is -0.508 e. The van der Waals surface area contributed by atoms with Crippen molar-refractivity contribution in [2.24, 2.45) is 14.1 Å². The second-order valence-corrected chi connectivity index (χ2v) is 11.1. The zero-order valence-electron chi connectivity index (χ0n) is 24.1. The number of nitrogens with zero attached hydrogens (tertiary/aromatic N) is 3. The lowest BCUT2D eigenvalue weighted by molar-refractivity contribution is 0.102. The van der Waals surface area contributed by atoms with Crippen LogP contribution in [0.1, 0.15) is 15.9 Å². The molecule has 44 heavy (non-hydrogen) atoms.